The van der Waals surface area contributed by atoms with E-state index in [-0.39, 0.29) is 5.92 Å². The molecule has 1 N–H and O–H groups in total. The highest BCUT2D eigenvalue weighted by Crippen LogP contribution is 2.36. The number of benzene rings is 1. The average molecular weight is 257 g/mol. The molecule has 3 nitrogen and oxygen atoms in total. The molecule has 0 spiro atoms. The second-order valence-corrected chi connectivity index (χ2v) is 5.63. The fraction of sp³-hybridized carbons (Fsp3) is 0.438. The zero-order valence-corrected chi connectivity index (χ0v) is 11.2. The Morgan fingerprint density at radius 1 is 1.21 bits per heavy atom. The van der Waals surface area contributed by atoms with Gasteiger partial charge in [-0.2, -0.15) is 0 Å². The highest BCUT2D eigenvalue weighted by Gasteiger charge is 2.26. The number of carboxylic acid groups (broad SMARTS) is 1. The van der Waals surface area contributed by atoms with Crippen LogP contribution in [0.25, 0.3) is 10.9 Å². The predicted molar refractivity (Wildman–Crippen MR) is 75.3 cm³/mol. The molecule has 1 aromatic heterocycles. The molecular formula is C16H19NO2. The standard InChI is InChI=1S/C16H19NO2/c1-17-9-8-14-10-13(6-7-15(14)17)11-2-4-12(5-3-11)16(18)19/h6-12H,2-5H2,1H3,(H,18,19). The quantitative estimate of drug-likeness (QED) is 0.894. The molecule has 1 heterocycles. The molecule has 0 saturated heterocycles. The average Bonchev–Trinajstić information content (AvgIpc) is 2.80. The van der Waals surface area contributed by atoms with Crippen molar-refractivity contribution in [2.24, 2.45) is 13.0 Å². The van der Waals surface area contributed by atoms with E-state index in [0.717, 1.165) is 25.7 Å². The van der Waals surface area contributed by atoms with Gasteiger partial charge in [0.25, 0.3) is 0 Å². The molecule has 1 aliphatic rings. The van der Waals surface area contributed by atoms with Crippen LogP contribution in [0.1, 0.15) is 37.2 Å². The summed E-state index contributed by atoms with van der Waals surface area (Å²) in [5.41, 5.74) is 2.62. The van der Waals surface area contributed by atoms with Crippen LogP contribution in [0.3, 0.4) is 0 Å². The van der Waals surface area contributed by atoms with Gasteiger partial charge in [-0.3, -0.25) is 4.79 Å². The van der Waals surface area contributed by atoms with Gasteiger partial charge in [-0.1, -0.05) is 6.07 Å². The SMILES string of the molecule is Cn1ccc2cc(C3CCC(C(=O)O)CC3)ccc21. The molecular weight excluding hydrogens is 238 g/mol. The number of hydrogen-bond acceptors (Lipinski definition) is 1. The molecule has 0 bridgehead atoms. The van der Waals surface area contributed by atoms with E-state index in [0.29, 0.717) is 5.92 Å². The summed E-state index contributed by atoms with van der Waals surface area (Å²) in [5, 5.41) is 10.3. The Balaban J connectivity index is 1.80. The number of hydrogen-bond donors (Lipinski definition) is 1. The number of rotatable bonds is 2. The number of fused-ring (bicyclic) bond motifs is 1. The molecule has 3 heteroatoms. The largest absolute Gasteiger partial charge is 0.481 e. The van der Waals surface area contributed by atoms with E-state index in [9.17, 15) is 4.79 Å². The third kappa shape index (κ3) is 2.25. The lowest BCUT2D eigenvalue weighted by atomic mass is 9.78. The molecule has 0 aliphatic heterocycles. The van der Waals surface area contributed by atoms with Gasteiger partial charge in [0.15, 0.2) is 0 Å². The Bertz CT molecular complexity index is 606. The van der Waals surface area contributed by atoms with Gasteiger partial charge in [-0.05, 0) is 60.7 Å². The van der Waals surface area contributed by atoms with E-state index in [2.05, 4.69) is 42.1 Å². The molecule has 0 atom stereocenters. The van der Waals surface area contributed by atoms with Gasteiger partial charge in [-0.15, -0.1) is 0 Å². The number of nitrogens with zero attached hydrogens (tertiary/aromatic N) is 1. The zero-order valence-electron chi connectivity index (χ0n) is 11.2. The molecule has 100 valence electrons. The van der Waals surface area contributed by atoms with Gasteiger partial charge in [0.2, 0.25) is 0 Å². The molecule has 1 saturated carbocycles. The first-order chi connectivity index (χ1) is 9.15. The van der Waals surface area contributed by atoms with E-state index >= 15 is 0 Å². The van der Waals surface area contributed by atoms with Crippen molar-refractivity contribution in [3.05, 3.63) is 36.0 Å². The number of aliphatic carboxylic acids is 1. The topological polar surface area (TPSA) is 42.2 Å². The molecule has 1 aromatic carbocycles. The van der Waals surface area contributed by atoms with Crippen LogP contribution in [0.15, 0.2) is 30.5 Å². The predicted octanol–water partition coefficient (Wildman–Crippen LogP) is 3.54. The lowest BCUT2D eigenvalue weighted by molar-refractivity contribution is -0.142. The fourth-order valence-corrected chi connectivity index (χ4v) is 3.23. The van der Waals surface area contributed by atoms with E-state index in [1.165, 1.54) is 16.5 Å². The van der Waals surface area contributed by atoms with Crippen molar-refractivity contribution in [3.8, 4) is 0 Å². The number of aryl methyl sites for hydroxylation is 1. The van der Waals surface area contributed by atoms with Crippen molar-refractivity contribution in [2.45, 2.75) is 31.6 Å². The molecule has 1 aliphatic carbocycles. The third-order valence-corrected chi connectivity index (χ3v) is 4.46. The van der Waals surface area contributed by atoms with Crippen molar-refractivity contribution in [1.29, 1.82) is 0 Å². The molecule has 19 heavy (non-hydrogen) atoms. The van der Waals surface area contributed by atoms with E-state index in [1.807, 2.05) is 0 Å². The second-order valence-electron chi connectivity index (χ2n) is 5.63. The molecule has 0 radical (unpaired) electrons. The van der Waals surface area contributed by atoms with Crippen LogP contribution in [-0.4, -0.2) is 15.6 Å². The fourth-order valence-electron chi connectivity index (χ4n) is 3.23. The summed E-state index contributed by atoms with van der Waals surface area (Å²) in [6.07, 6.45) is 5.69. The van der Waals surface area contributed by atoms with Crippen molar-refractivity contribution < 1.29 is 9.90 Å². The molecule has 3 rings (SSSR count). The Morgan fingerprint density at radius 2 is 1.95 bits per heavy atom. The minimum atomic E-state index is -0.628. The minimum absolute atomic E-state index is 0.128. The number of carbonyl (C=O) groups is 1. The maximum absolute atomic E-state index is 11.0. The first-order valence-corrected chi connectivity index (χ1v) is 6.93. The maximum atomic E-state index is 11.0. The third-order valence-electron chi connectivity index (χ3n) is 4.46. The Hall–Kier alpha value is -1.77. The Kier molecular flexibility index (Phi) is 3.05. The van der Waals surface area contributed by atoms with Crippen LogP contribution < -0.4 is 0 Å². The smallest absolute Gasteiger partial charge is 0.306 e. The summed E-state index contributed by atoms with van der Waals surface area (Å²) in [6, 6.07) is 8.78. The summed E-state index contributed by atoms with van der Waals surface area (Å²) in [5.74, 6) is -0.228. The highest BCUT2D eigenvalue weighted by atomic mass is 16.4. The van der Waals surface area contributed by atoms with Crippen molar-refractivity contribution in [2.75, 3.05) is 0 Å². The van der Waals surface area contributed by atoms with E-state index < -0.39 is 5.97 Å². The van der Waals surface area contributed by atoms with Gasteiger partial charge in [0, 0.05) is 18.8 Å². The van der Waals surface area contributed by atoms with Crippen LogP contribution in [0.4, 0.5) is 0 Å². The van der Waals surface area contributed by atoms with Crippen LogP contribution in [-0.2, 0) is 11.8 Å². The first-order valence-electron chi connectivity index (χ1n) is 6.93. The summed E-state index contributed by atoms with van der Waals surface area (Å²) in [6.45, 7) is 0. The molecule has 0 unspecified atom stereocenters. The van der Waals surface area contributed by atoms with Crippen molar-refractivity contribution in [3.63, 3.8) is 0 Å². The monoisotopic (exact) mass is 257 g/mol. The van der Waals surface area contributed by atoms with Gasteiger partial charge in [-0.25, -0.2) is 0 Å². The number of carboxylic acids is 1. The van der Waals surface area contributed by atoms with Gasteiger partial charge < -0.3 is 9.67 Å². The van der Waals surface area contributed by atoms with E-state index in [4.69, 9.17) is 5.11 Å². The van der Waals surface area contributed by atoms with Gasteiger partial charge >= 0.3 is 5.97 Å². The van der Waals surface area contributed by atoms with Crippen LogP contribution in [0.5, 0.6) is 0 Å². The number of aromatic nitrogens is 1. The maximum Gasteiger partial charge on any atom is 0.306 e. The van der Waals surface area contributed by atoms with Crippen LogP contribution >= 0.6 is 0 Å². The highest BCUT2D eigenvalue weighted by molar-refractivity contribution is 5.81. The van der Waals surface area contributed by atoms with Crippen LogP contribution in [0.2, 0.25) is 0 Å². The van der Waals surface area contributed by atoms with E-state index in [1.54, 1.807) is 0 Å². The Morgan fingerprint density at radius 3 is 2.63 bits per heavy atom. The normalized spacial score (nSPS) is 23.6. The Labute approximate surface area is 112 Å². The van der Waals surface area contributed by atoms with Crippen molar-refractivity contribution in [1.82, 2.24) is 4.57 Å². The van der Waals surface area contributed by atoms with Crippen molar-refractivity contribution >= 4 is 16.9 Å². The van der Waals surface area contributed by atoms with Crippen LogP contribution in [0, 0.1) is 5.92 Å². The molecule has 2 aromatic rings. The summed E-state index contributed by atoms with van der Waals surface area (Å²) in [4.78, 5) is 11.0. The molecule has 1 fully saturated rings. The first kappa shape index (κ1) is 12.3. The minimum Gasteiger partial charge on any atom is -0.481 e. The summed E-state index contributed by atoms with van der Waals surface area (Å²) in [7, 11) is 2.06. The lowest BCUT2D eigenvalue weighted by Crippen LogP contribution is -2.20. The summed E-state index contributed by atoms with van der Waals surface area (Å²) < 4.78 is 2.13. The molecule has 0 amide bonds. The zero-order chi connectivity index (χ0) is 13.4. The summed E-state index contributed by atoms with van der Waals surface area (Å²) >= 11 is 0. The second kappa shape index (κ2) is 4.72. The van der Waals surface area contributed by atoms with Gasteiger partial charge in [0.1, 0.15) is 0 Å². The lowest BCUT2D eigenvalue weighted by Gasteiger charge is -2.26. The van der Waals surface area contributed by atoms with Gasteiger partial charge in [0.05, 0.1) is 5.92 Å².